The quantitative estimate of drug-likeness (QED) is 0.853. The molecule has 2 N–H and O–H groups in total. The molecule has 0 aromatic carbocycles. The second-order valence-corrected chi connectivity index (χ2v) is 7.28. The van der Waals surface area contributed by atoms with E-state index in [1.54, 1.807) is 0 Å². The van der Waals surface area contributed by atoms with E-state index >= 15 is 0 Å². The zero-order chi connectivity index (χ0) is 13.8. The molecule has 3 rings (SSSR count). The molecule has 0 saturated carbocycles. The second-order valence-electron chi connectivity index (χ2n) is 7.28. The van der Waals surface area contributed by atoms with Gasteiger partial charge >= 0.3 is 0 Å². The molecule has 3 heteroatoms. The zero-order valence-corrected chi connectivity index (χ0v) is 12.3. The fraction of sp³-hybridized carbons (Fsp3) is 0.562. The minimum atomic E-state index is 0.156. The van der Waals surface area contributed by atoms with E-state index < -0.39 is 0 Å². The highest BCUT2D eigenvalue weighted by Crippen LogP contribution is 2.45. The van der Waals surface area contributed by atoms with Crippen molar-refractivity contribution in [3.63, 3.8) is 0 Å². The summed E-state index contributed by atoms with van der Waals surface area (Å²) >= 11 is 0. The van der Waals surface area contributed by atoms with Gasteiger partial charge in [-0.15, -0.1) is 0 Å². The number of imidazole rings is 1. The molecule has 0 radical (unpaired) electrons. The molecule has 2 aromatic heterocycles. The molecule has 0 amide bonds. The number of pyridine rings is 1. The molecule has 0 atom stereocenters. The highest BCUT2D eigenvalue weighted by molar-refractivity contribution is 5.48. The number of nitrogens with two attached hydrogens (primary N) is 1. The minimum absolute atomic E-state index is 0.156. The van der Waals surface area contributed by atoms with Crippen LogP contribution in [-0.4, -0.2) is 9.38 Å². The third-order valence-electron chi connectivity index (χ3n) is 4.20. The van der Waals surface area contributed by atoms with Gasteiger partial charge in [0.15, 0.2) is 0 Å². The highest BCUT2D eigenvalue weighted by atomic mass is 15.0. The maximum absolute atomic E-state index is 5.76. The van der Waals surface area contributed by atoms with Gasteiger partial charge in [0.25, 0.3) is 0 Å². The van der Waals surface area contributed by atoms with E-state index in [4.69, 9.17) is 10.7 Å². The van der Waals surface area contributed by atoms with Crippen LogP contribution >= 0.6 is 0 Å². The molecular formula is C16H23N3. The summed E-state index contributed by atoms with van der Waals surface area (Å²) in [7, 11) is 0. The van der Waals surface area contributed by atoms with Gasteiger partial charge in [-0.2, -0.15) is 0 Å². The average molecular weight is 257 g/mol. The number of rotatable bonds is 1. The second kappa shape index (κ2) is 3.83. The molecule has 2 aromatic rings. The first-order valence-electron chi connectivity index (χ1n) is 7.03. The van der Waals surface area contributed by atoms with E-state index in [0.29, 0.717) is 12.0 Å². The van der Waals surface area contributed by atoms with Gasteiger partial charge in [0.05, 0.1) is 11.4 Å². The third kappa shape index (κ3) is 1.96. The number of hydrogen-bond donors (Lipinski definition) is 1. The van der Waals surface area contributed by atoms with E-state index in [1.165, 1.54) is 17.8 Å². The van der Waals surface area contributed by atoms with E-state index in [0.717, 1.165) is 17.6 Å². The maximum Gasteiger partial charge on any atom is 0.137 e. The number of aromatic nitrogens is 2. The van der Waals surface area contributed by atoms with Crippen LogP contribution in [0.3, 0.4) is 0 Å². The molecule has 19 heavy (non-hydrogen) atoms. The fourth-order valence-corrected chi connectivity index (χ4v) is 3.89. The smallest absolute Gasteiger partial charge is 0.137 e. The summed E-state index contributed by atoms with van der Waals surface area (Å²) in [5.74, 6) is 0. The van der Waals surface area contributed by atoms with Crippen LogP contribution in [0.5, 0.6) is 0 Å². The maximum atomic E-state index is 5.76. The summed E-state index contributed by atoms with van der Waals surface area (Å²) in [4.78, 5) is 4.84. The van der Waals surface area contributed by atoms with Crippen LogP contribution in [-0.2, 0) is 18.4 Å². The summed E-state index contributed by atoms with van der Waals surface area (Å²) in [5, 5.41) is 0. The normalized spacial score (nSPS) is 20.5. The van der Waals surface area contributed by atoms with Crippen molar-refractivity contribution in [2.24, 2.45) is 11.1 Å². The summed E-state index contributed by atoms with van der Waals surface area (Å²) in [6.45, 7) is 9.92. The number of hydrogen-bond acceptors (Lipinski definition) is 2. The SMILES string of the molecule is CC1(C)Cc2nc3ccc(CN)cn3c2C(C)(C)C1. The standard InChI is InChI=1S/C16H23N3/c1-15(2)7-12-14(16(3,4)10-15)19-9-11(8-17)5-6-13(19)18-12/h5-6,9H,7-8,10,17H2,1-4H3. The predicted molar refractivity (Wildman–Crippen MR) is 78.2 cm³/mol. The summed E-state index contributed by atoms with van der Waals surface area (Å²) < 4.78 is 2.26. The molecule has 102 valence electrons. The molecule has 1 aliphatic rings. The van der Waals surface area contributed by atoms with Gasteiger partial charge in [0.1, 0.15) is 5.65 Å². The van der Waals surface area contributed by atoms with E-state index in [2.05, 4.69) is 50.4 Å². The average Bonchev–Trinajstić information content (AvgIpc) is 2.62. The molecule has 0 fully saturated rings. The molecule has 1 aliphatic carbocycles. The number of fused-ring (bicyclic) bond motifs is 3. The first-order valence-corrected chi connectivity index (χ1v) is 7.03. The predicted octanol–water partition coefficient (Wildman–Crippen LogP) is 3.04. The lowest BCUT2D eigenvalue weighted by Crippen LogP contribution is -2.35. The van der Waals surface area contributed by atoms with Gasteiger partial charge in [-0.3, -0.25) is 0 Å². The Labute approximate surface area is 114 Å². The lowest BCUT2D eigenvalue weighted by atomic mass is 9.66. The monoisotopic (exact) mass is 257 g/mol. The Bertz CT molecular complexity index is 635. The van der Waals surface area contributed by atoms with Crippen molar-refractivity contribution in [1.82, 2.24) is 9.38 Å². The summed E-state index contributed by atoms with van der Waals surface area (Å²) in [5.41, 5.74) is 11.1. The Morgan fingerprint density at radius 1 is 1.26 bits per heavy atom. The third-order valence-corrected chi connectivity index (χ3v) is 4.20. The van der Waals surface area contributed by atoms with Crippen molar-refractivity contribution < 1.29 is 0 Å². The van der Waals surface area contributed by atoms with Crippen LogP contribution in [0.4, 0.5) is 0 Å². The molecule has 2 heterocycles. The van der Waals surface area contributed by atoms with Crippen molar-refractivity contribution in [2.45, 2.75) is 52.5 Å². The topological polar surface area (TPSA) is 43.3 Å². The van der Waals surface area contributed by atoms with Gasteiger partial charge in [0.2, 0.25) is 0 Å². The van der Waals surface area contributed by atoms with Gasteiger partial charge in [-0.25, -0.2) is 4.98 Å². The molecule has 0 spiro atoms. The molecule has 0 unspecified atom stereocenters. The Hall–Kier alpha value is -1.35. The van der Waals surface area contributed by atoms with Crippen LogP contribution in [0.1, 0.15) is 51.1 Å². The van der Waals surface area contributed by atoms with Crippen LogP contribution in [0, 0.1) is 5.41 Å². The Kier molecular flexibility index (Phi) is 2.55. The summed E-state index contributed by atoms with van der Waals surface area (Å²) in [6.07, 6.45) is 4.40. The van der Waals surface area contributed by atoms with Gasteiger partial charge in [0, 0.05) is 18.2 Å². The Balaban J connectivity index is 2.28. The van der Waals surface area contributed by atoms with Crippen LogP contribution in [0.15, 0.2) is 18.3 Å². The Morgan fingerprint density at radius 2 is 2.00 bits per heavy atom. The van der Waals surface area contributed by atoms with Crippen molar-refractivity contribution in [2.75, 3.05) is 0 Å². The highest BCUT2D eigenvalue weighted by Gasteiger charge is 2.40. The van der Waals surface area contributed by atoms with Crippen LogP contribution in [0.25, 0.3) is 5.65 Å². The first-order chi connectivity index (χ1) is 8.82. The first kappa shape index (κ1) is 12.7. The zero-order valence-electron chi connectivity index (χ0n) is 12.3. The van der Waals surface area contributed by atoms with E-state index in [-0.39, 0.29) is 5.41 Å². The molecule has 3 nitrogen and oxygen atoms in total. The number of nitrogens with zero attached hydrogens (tertiary/aromatic N) is 2. The molecule has 0 aliphatic heterocycles. The molecular weight excluding hydrogens is 234 g/mol. The van der Waals surface area contributed by atoms with Crippen molar-refractivity contribution >= 4 is 5.65 Å². The molecule has 0 saturated heterocycles. The summed E-state index contributed by atoms with van der Waals surface area (Å²) in [6, 6.07) is 4.16. The lowest BCUT2D eigenvalue weighted by molar-refractivity contribution is 0.224. The lowest BCUT2D eigenvalue weighted by Gasteiger charge is -2.40. The van der Waals surface area contributed by atoms with E-state index in [9.17, 15) is 0 Å². The fourth-order valence-electron chi connectivity index (χ4n) is 3.89. The largest absolute Gasteiger partial charge is 0.326 e. The van der Waals surface area contributed by atoms with Crippen molar-refractivity contribution in [1.29, 1.82) is 0 Å². The van der Waals surface area contributed by atoms with Crippen molar-refractivity contribution in [3.8, 4) is 0 Å². The van der Waals surface area contributed by atoms with Gasteiger partial charge < -0.3 is 10.1 Å². The van der Waals surface area contributed by atoms with Gasteiger partial charge in [-0.05, 0) is 29.9 Å². The van der Waals surface area contributed by atoms with Crippen LogP contribution in [0.2, 0.25) is 0 Å². The van der Waals surface area contributed by atoms with Gasteiger partial charge in [-0.1, -0.05) is 33.8 Å². The molecule has 0 bridgehead atoms. The van der Waals surface area contributed by atoms with Crippen LogP contribution < -0.4 is 5.73 Å². The van der Waals surface area contributed by atoms with E-state index in [1.807, 2.05) is 0 Å². The Morgan fingerprint density at radius 3 is 2.68 bits per heavy atom. The minimum Gasteiger partial charge on any atom is -0.326 e. The van der Waals surface area contributed by atoms with Crippen molar-refractivity contribution in [3.05, 3.63) is 35.3 Å².